The summed E-state index contributed by atoms with van der Waals surface area (Å²) >= 11 is 0. The molecule has 17 atom stereocenters. The number of rotatable bonds is 76. The lowest BCUT2D eigenvalue weighted by Gasteiger charge is -2.48. The van der Waals surface area contributed by atoms with E-state index < -0.39 is 124 Å². The van der Waals surface area contributed by atoms with Crippen molar-refractivity contribution in [2.75, 3.05) is 26.4 Å². The monoisotopic (exact) mass is 1670 g/mol. The van der Waals surface area contributed by atoms with Crippen LogP contribution in [0.1, 0.15) is 348 Å². The summed E-state index contributed by atoms with van der Waals surface area (Å²) < 4.78 is 34.5. The van der Waals surface area contributed by atoms with Crippen LogP contribution in [-0.2, 0) is 33.2 Å². The molecule has 0 radical (unpaired) electrons. The van der Waals surface area contributed by atoms with Gasteiger partial charge in [0.15, 0.2) is 18.9 Å². The third-order valence-electron chi connectivity index (χ3n) is 22.6. The zero-order chi connectivity index (χ0) is 85.9. The van der Waals surface area contributed by atoms with Crippen molar-refractivity contribution >= 4 is 5.91 Å². The topological polar surface area (TPSA) is 307 Å². The fourth-order valence-electron chi connectivity index (χ4n) is 15.1. The Labute approximate surface area is 721 Å². The average Bonchev–Trinajstić information content (AvgIpc) is 0.778. The maximum Gasteiger partial charge on any atom is 0.220 e. The molecule has 0 aromatic rings. The molecule has 3 saturated heterocycles. The second-order valence-corrected chi connectivity index (χ2v) is 33.1. The smallest absolute Gasteiger partial charge is 0.220 e. The number of aliphatic hydroxyl groups is 11. The highest BCUT2D eigenvalue weighted by Crippen LogP contribution is 2.34. The Kier molecular flexibility index (Phi) is 70.7. The first-order valence-electron chi connectivity index (χ1n) is 47.6. The summed E-state index contributed by atoms with van der Waals surface area (Å²) in [5.41, 5.74) is 0. The van der Waals surface area contributed by atoms with E-state index in [-0.39, 0.29) is 18.9 Å². The van der Waals surface area contributed by atoms with Crippen LogP contribution in [0.5, 0.6) is 0 Å². The van der Waals surface area contributed by atoms with Gasteiger partial charge in [-0.25, -0.2) is 0 Å². The van der Waals surface area contributed by atoms with Crippen molar-refractivity contribution in [3.05, 3.63) is 146 Å². The van der Waals surface area contributed by atoms with Crippen LogP contribution in [0.25, 0.3) is 0 Å². The Morgan fingerprint density at radius 1 is 0.311 bits per heavy atom. The predicted molar refractivity (Wildman–Crippen MR) is 484 cm³/mol. The molecule has 3 heterocycles. The quantitative estimate of drug-likeness (QED) is 0.0199. The van der Waals surface area contributed by atoms with Gasteiger partial charge >= 0.3 is 0 Å². The van der Waals surface area contributed by atoms with E-state index in [0.29, 0.717) is 6.42 Å². The number of allylic oxidation sites excluding steroid dienone is 23. The van der Waals surface area contributed by atoms with Gasteiger partial charge in [-0.3, -0.25) is 4.79 Å². The fraction of sp³-hybridized carbons (Fsp3) is 0.750. The molecule has 1 amide bonds. The van der Waals surface area contributed by atoms with E-state index in [1.165, 1.54) is 180 Å². The number of hydrogen-bond acceptors (Lipinski definition) is 18. The van der Waals surface area contributed by atoms with E-state index in [1.807, 2.05) is 6.08 Å². The van der Waals surface area contributed by atoms with Crippen LogP contribution in [0.3, 0.4) is 0 Å². The fourth-order valence-corrected chi connectivity index (χ4v) is 15.1. The van der Waals surface area contributed by atoms with Crippen LogP contribution in [-0.4, -0.2) is 193 Å². The Morgan fingerprint density at radius 2 is 0.580 bits per heavy atom. The first-order valence-corrected chi connectivity index (χ1v) is 47.6. The van der Waals surface area contributed by atoms with Crippen molar-refractivity contribution in [3.8, 4) is 0 Å². The van der Waals surface area contributed by atoms with Crippen molar-refractivity contribution in [3.63, 3.8) is 0 Å². The van der Waals surface area contributed by atoms with Gasteiger partial charge in [0, 0.05) is 6.42 Å². The number of hydrogen-bond donors (Lipinski definition) is 12. The van der Waals surface area contributed by atoms with Gasteiger partial charge in [0.1, 0.15) is 73.2 Å². The van der Waals surface area contributed by atoms with Gasteiger partial charge in [0.2, 0.25) is 5.91 Å². The van der Waals surface area contributed by atoms with E-state index in [0.717, 1.165) is 141 Å². The molecule has 3 aliphatic heterocycles. The lowest BCUT2D eigenvalue weighted by molar-refractivity contribution is -0.379. The number of carbonyl (C=O) groups is 1. The van der Waals surface area contributed by atoms with E-state index in [2.05, 4.69) is 153 Å². The summed E-state index contributed by atoms with van der Waals surface area (Å²) in [6.45, 7) is 1.65. The van der Waals surface area contributed by atoms with E-state index in [4.69, 9.17) is 28.4 Å². The van der Waals surface area contributed by atoms with Gasteiger partial charge in [-0.1, -0.05) is 384 Å². The molecule has 0 bridgehead atoms. The molecule has 3 rings (SSSR count). The molecule has 119 heavy (non-hydrogen) atoms. The SMILES string of the molecule is CC/C=C\C/C=C\C/C=C\C/C=C\C/C=C\C/C=C\C/C=C\C/C=C\C/C=C\C/C=C\C/C=C\CCCCCCCCCC(=O)NC(COC1OC(CO)C(OC2OC(CO)C(OC3OC(CO)C(O)C(O)C3O)C(O)C2O)C(O)C1O)C(O)/C=C/CCCCCCCCCCCCCCCCCCCCCCCCCCCCCCCCC. The molecule has 0 aromatic heterocycles. The van der Waals surface area contributed by atoms with Gasteiger partial charge < -0.3 is 89.9 Å². The molecule has 684 valence electrons. The normalized spacial score (nSPS) is 24.9. The van der Waals surface area contributed by atoms with Gasteiger partial charge in [0.05, 0.1) is 38.6 Å². The molecule has 12 N–H and O–H groups in total. The highest BCUT2D eigenvalue weighted by Gasteiger charge is 2.54. The van der Waals surface area contributed by atoms with Crippen molar-refractivity contribution in [1.82, 2.24) is 5.32 Å². The lowest BCUT2D eigenvalue weighted by atomic mass is 9.96. The number of unbranched alkanes of at least 4 members (excludes halogenated alkanes) is 38. The zero-order valence-electron chi connectivity index (χ0n) is 74.0. The maximum absolute atomic E-state index is 13.5. The third-order valence-corrected chi connectivity index (χ3v) is 22.6. The molecule has 0 spiro atoms. The Morgan fingerprint density at radius 3 is 0.908 bits per heavy atom. The second kappa shape index (κ2) is 77.3. The van der Waals surface area contributed by atoms with Gasteiger partial charge in [0.25, 0.3) is 0 Å². The molecule has 3 fully saturated rings. The minimum absolute atomic E-state index is 0.222. The van der Waals surface area contributed by atoms with Crippen LogP contribution in [0.15, 0.2) is 146 Å². The Balaban J connectivity index is 1.33. The molecular weight excluding hydrogens is 1500 g/mol. The standard InChI is InChI=1S/C100H171NO18/c1-3-5-7-9-11-13-15-17-19-21-23-25-27-29-31-33-35-37-38-39-40-41-42-43-44-46-48-50-52-54-56-58-60-62-64-66-68-70-72-74-76-78-88(106)101-83(84(105)77-75-73-71-69-67-65-63-61-59-57-55-53-51-49-47-45-36-34-32-30-28-26-24-22-20-18-16-14-12-10-8-6-4-2)82-114-98-94(112)91(109)96(86(80-103)116-98)119-100-95(113)92(110)97(87(81-104)117-100)118-99-93(111)90(108)89(107)85(79-102)115-99/h5,7,11,13,17,19,23,25,29,31,35,37,39-40,42-43,46,48,52,54,58,60,75,77,83-87,89-100,102-105,107-113H,3-4,6,8-10,12,14-16,18,20-22,24,26-28,30,32-34,36,38,41,44-45,47,49-51,53,55-57,59,61-74,76,78-82H2,1-2H3,(H,101,106)/b7-5-,13-11-,19-17-,25-23-,31-29-,37-35-,40-39-,43-42-,48-46-,54-52-,60-58-,77-75+. The van der Waals surface area contributed by atoms with Crippen molar-refractivity contribution < 1.29 is 89.4 Å². The van der Waals surface area contributed by atoms with Crippen LogP contribution < -0.4 is 5.32 Å². The van der Waals surface area contributed by atoms with Crippen molar-refractivity contribution in [2.45, 2.75) is 452 Å². The summed E-state index contributed by atoms with van der Waals surface area (Å²) in [6, 6.07) is -0.993. The number of carbonyl (C=O) groups excluding carboxylic acids is 1. The lowest BCUT2D eigenvalue weighted by Crippen LogP contribution is -2.66. The number of amides is 1. The zero-order valence-corrected chi connectivity index (χ0v) is 74.0. The summed E-state index contributed by atoms with van der Waals surface area (Å²) in [4.78, 5) is 13.5. The summed E-state index contributed by atoms with van der Waals surface area (Å²) in [5, 5.41) is 121. The average molecular weight is 1680 g/mol. The Hall–Kier alpha value is -4.33. The molecule has 0 saturated carbocycles. The number of nitrogens with one attached hydrogen (secondary N) is 1. The first-order chi connectivity index (χ1) is 58.3. The molecule has 19 nitrogen and oxygen atoms in total. The third kappa shape index (κ3) is 54.9. The van der Waals surface area contributed by atoms with Crippen LogP contribution in [0.2, 0.25) is 0 Å². The highest BCUT2D eigenvalue weighted by atomic mass is 16.8. The largest absolute Gasteiger partial charge is 0.394 e. The maximum atomic E-state index is 13.5. The predicted octanol–water partition coefficient (Wildman–Crippen LogP) is 19.3. The number of ether oxygens (including phenoxy) is 6. The minimum atomic E-state index is -1.99. The van der Waals surface area contributed by atoms with E-state index >= 15 is 0 Å². The van der Waals surface area contributed by atoms with Gasteiger partial charge in [-0.2, -0.15) is 0 Å². The van der Waals surface area contributed by atoms with Gasteiger partial charge in [-0.05, 0) is 103 Å². The highest BCUT2D eigenvalue weighted by molar-refractivity contribution is 5.76. The molecule has 0 aromatic carbocycles. The van der Waals surface area contributed by atoms with Crippen LogP contribution in [0.4, 0.5) is 0 Å². The first kappa shape index (κ1) is 109. The molecular formula is C100H171NO18. The van der Waals surface area contributed by atoms with E-state index in [1.54, 1.807) is 6.08 Å². The minimum Gasteiger partial charge on any atom is -0.394 e. The van der Waals surface area contributed by atoms with Crippen molar-refractivity contribution in [2.24, 2.45) is 0 Å². The van der Waals surface area contributed by atoms with Gasteiger partial charge in [-0.15, -0.1) is 0 Å². The molecule has 3 aliphatic rings. The second-order valence-electron chi connectivity index (χ2n) is 33.1. The summed E-state index contributed by atoms with van der Waals surface area (Å²) in [7, 11) is 0. The van der Waals surface area contributed by atoms with Crippen molar-refractivity contribution in [1.29, 1.82) is 0 Å². The van der Waals surface area contributed by atoms with E-state index in [9.17, 15) is 61.0 Å². The van der Waals surface area contributed by atoms with Crippen LogP contribution in [0, 0.1) is 0 Å². The molecule has 0 aliphatic carbocycles. The number of aliphatic hydroxyl groups excluding tert-OH is 11. The van der Waals surface area contributed by atoms with Crippen LogP contribution >= 0.6 is 0 Å². The Bertz CT molecular complexity index is 2720. The molecule has 19 heteroatoms. The molecule has 17 unspecified atom stereocenters. The summed E-state index contributed by atoms with van der Waals surface area (Å²) in [6.07, 6.45) is 87.1. The summed E-state index contributed by atoms with van der Waals surface area (Å²) in [5.74, 6) is -0.288.